The summed E-state index contributed by atoms with van der Waals surface area (Å²) in [5.41, 5.74) is 0. The number of rotatable bonds is 7. The summed E-state index contributed by atoms with van der Waals surface area (Å²) < 4.78 is 0. The van der Waals surface area contributed by atoms with Crippen molar-refractivity contribution in [3.63, 3.8) is 0 Å². The van der Waals surface area contributed by atoms with Crippen molar-refractivity contribution >= 4 is 17.3 Å². The van der Waals surface area contributed by atoms with Crippen molar-refractivity contribution in [1.29, 1.82) is 0 Å². The predicted molar refractivity (Wildman–Crippen MR) is 99.2 cm³/mol. The molecule has 130 valence electrons. The summed E-state index contributed by atoms with van der Waals surface area (Å²) in [7, 11) is 2.15. The lowest BCUT2D eigenvalue weighted by Crippen LogP contribution is -2.45. The van der Waals surface area contributed by atoms with E-state index in [-0.39, 0.29) is 0 Å². The molecule has 1 aromatic heterocycles. The quantitative estimate of drug-likeness (QED) is 0.613. The fraction of sp³-hybridized carbons (Fsp3) is 0.765. The minimum Gasteiger partial charge on any atom is -0.357 e. The van der Waals surface area contributed by atoms with Crippen LogP contribution in [-0.4, -0.2) is 60.0 Å². The molecule has 6 heteroatoms. The van der Waals surface area contributed by atoms with Crippen LogP contribution in [0.25, 0.3) is 0 Å². The molecule has 23 heavy (non-hydrogen) atoms. The Balaban J connectivity index is 1.96. The molecular weight excluding hydrogens is 306 g/mol. The second kappa shape index (κ2) is 9.23. The number of aliphatic imine (C=N–C) groups is 1. The highest BCUT2D eigenvalue weighted by Crippen LogP contribution is 2.18. The average Bonchev–Trinajstić information content (AvgIpc) is 3.19. The average molecular weight is 338 g/mol. The first-order valence-corrected chi connectivity index (χ1v) is 9.66. The maximum absolute atomic E-state index is 4.79. The molecule has 1 aliphatic heterocycles. The number of nitrogens with one attached hydrogen (secondary N) is 1. The summed E-state index contributed by atoms with van der Waals surface area (Å²) in [6, 6.07) is 0.653. The lowest BCUT2D eigenvalue weighted by Gasteiger charge is -2.29. The molecule has 0 spiro atoms. The first-order chi connectivity index (χ1) is 11.2. The number of nitrogens with zero attached hydrogens (tertiary/aromatic N) is 4. The molecule has 1 aromatic rings. The molecule has 0 amide bonds. The van der Waals surface area contributed by atoms with Crippen LogP contribution < -0.4 is 5.32 Å². The topological polar surface area (TPSA) is 43.8 Å². The number of guanidine groups is 1. The molecular formula is C17H31N5S. The zero-order valence-corrected chi connectivity index (χ0v) is 15.8. The first kappa shape index (κ1) is 18.2. The van der Waals surface area contributed by atoms with E-state index in [2.05, 4.69) is 47.9 Å². The van der Waals surface area contributed by atoms with Crippen LogP contribution in [0.4, 0.5) is 0 Å². The Kier molecular flexibility index (Phi) is 7.30. The monoisotopic (exact) mass is 337 g/mol. The Labute approximate surface area is 144 Å². The van der Waals surface area contributed by atoms with E-state index in [1.165, 1.54) is 24.3 Å². The van der Waals surface area contributed by atoms with Crippen LogP contribution in [0.2, 0.25) is 0 Å². The van der Waals surface area contributed by atoms with Crippen molar-refractivity contribution < 1.29 is 0 Å². The zero-order chi connectivity index (χ0) is 16.7. The van der Waals surface area contributed by atoms with Gasteiger partial charge in [-0.3, -0.25) is 4.90 Å². The molecule has 1 atom stereocenters. The van der Waals surface area contributed by atoms with Crippen molar-refractivity contribution in [2.45, 2.75) is 52.6 Å². The lowest BCUT2D eigenvalue weighted by atomic mass is 10.2. The van der Waals surface area contributed by atoms with Gasteiger partial charge in [-0.15, -0.1) is 11.3 Å². The molecule has 0 bridgehead atoms. The van der Waals surface area contributed by atoms with Gasteiger partial charge in [0.15, 0.2) is 5.96 Å². The van der Waals surface area contributed by atoms with Crippen LogP contribution in [0.3, 0.4) is 0 Å². The minimum atomic E-state index is 0.653. The Bertz CT molecular complexity index is 499. The van der Waals surface area contributed by atoms with Crippen LogP contribution >= 0.6 is 11.3 Å². The standard InChI is InChI=1S/C17H31N5S/c1-5-15-11-19-16(23-15)12-20-17(18-6-2)21(4)13-14-9-8-10-22(14)7-3/h11,14H,5-10,12-13H2,1-4H3,(H,18,20). The predicted octanol–water partition coefficient (Wildman–Crippen LogP) is 2.59. The van der Waals surface area contributed by atoms with Gasteiger partial charge in [-0.2, -0.15) is 0 Å². The van der Waals surface area contributed by atoms with Gasteiger partial charge in [0.25, 0.3) is 0 Å². The van der Waals surface area contributed by atoms with Gasteiger partial charge in [0, 0.05) is 37.3 Å². The van der Waals surface area contributed by atoms with Crippen LogP contribution in [0.15, 0.2) is 11.2 Å². The molecule has 0 radical (unpaired) electrons. The molecule has 1 saturated heterocycles. The fourth-order valence-corrected chi connectivity index (χ4v) is 3.90. The van der Waals surface area contributed by atoms with Crippen molar-refractivity contribution in [3.8, 4) is 0 Å². The third-order valence-corrected chi connectivity index (χ3v) is 5.53. The molecule has 2 heterocycles. The van der Waals surface area contributed by atoms with Crippen molar-refractivity contribution in [2.24, 2.45) is 4.99 Å². The Morgan fingerprint density at radius 3 is 2.96 bits per heavy atom. The van der Waals surface area contributed by atoms with Crippen LogP contribution in [0, 0.1) is 0 Å². The van der Waals surface area contributed by atoms with Gasteiger partial charge in [-0.25, -0.2) is 9.98 Å². The van der Waals surface area contributed by atoms with Gasteiger partial charge in [-0.1, -0.05) is 13.8 Å². The molecule has 2 rings (SSSR count). The van der Waals surface area contributed by atoms with Crippen molar-refractivity contribution in [2.75, 3.05) is 33.2 Å². The largest absolute Gasteiger partial charge is 0.357 e. The summed E-state index contributed by atoms with van der Waals surface area (Å²) in [6.45, 7) is 11.5. The van der Waals surface area contributed by atoms with E-state index < -0.39 is 0 Å². The van der Waals surface area contributed by atoms with Crippen LogP contribution in [0.1, 0.15) is 43.5 Å². The van der Waals surface area contributed by atoms with E-state index in [9.17, 15) is 0 Å². The molecule has 0 aliphatic carbocycles. The molecule has 1 N–H and O–H groups in total. The number of likely N-dealkylation sites (tertiary alicyclic amines) is 1. The highest BCUT2D eigenvalue weighted by atomic mass is 32.1. The van der Waals surface area contributed by atoms with E-state index in [4.69, 9.17) is 4.99 Å². The van der Waals surface area contributed by atoms with E-state index >= 15 is 0 Å². The molecule has 0 saturated carbocycles. The van der Waals surface area contributed by atoms with E-state index in [0.717, 1.165) is 37.0 Å². The van der Waals surface area contributed by atoms with Crippen molar-refractivity contribution in [3.05, 3.63) is 16.1 Å². The van der Waals surface area contributed by atoms with Gasteiger partial charge < -0.3 is 10.2 Å². The maximum Gasteiger partial charge on any atom is 0.194 e. The minimum absolute atomic E-state index is 0.653. The number of likely N-dealkylation sites (N-methyl/N-ethyl adjacent to an activating group) is 2. The van der Waals surface area contributed by atoms with E-state index in [1.807, 2.05) is 6.20 Å². The second-order valence-corrected chi connectivity index (χ2v) is 7.25. The molecule has 1 aliphatic rings. The Hall–Kier alpha value is -1.14. The maximum atomic E-state index is 4.79. The smallest absolute Gasteiger partial charge is 0.194 e. The third-order valence-electron chi connectivity index (χ3n) is 4.40. The highest BCUT2D eigenvalue weighted by Gasteiger charge is 2.24. The first-order valence-electron chi connectivity index (χ1n) is 8.84. The molecule has 5 nitrogen and oxygen atoms in total. The van der Waals surface area contributed by atoms with Gasteiger partial charge in [0.2, 0.25) is 0 Å². The summed E-state index contributed by atoms with van der Waals surface area (Å²) in [4.78, 5) is 15.4. The SMILES string of the molecule is CCNC(=NCc1ncc(CC)s1)N(C)CC1CCCN1CC. The summed E-state index contributed by atoms with van der Waals surface area (Å²) >= 11 is 1.77. The van der Waals surface area contributed by atoms with Gasteiger partial charge in [0.05, 0.1) is 6.54 Å². The van der Waals surface area contributed by atoms with Crippen LogP contribution in [0.5, 0.6) is 0 Å². The normalized spacial score (nSPS) is 19.3. The highest BCUT2D eigenvalue weighted by molar-refractivity contribution is 7.11. The van der Waals surface area contributed by atoms with Crippen molar-refractivity contribution in [1.82, 2.24) is 20.1 Å². The van der Waals surface area contributed by atoms with E-state index in [1.54, 1.807) is 11.3 Å². The number of aromatic nitrogens is 1. The van der Waals surface area contributed by atoms with Gasteiger partial charge >= 0.3 is 0 Å². The molecule has 1 unspecified atom stereocenters. The van der Waals surface area contributed by atoms with Gasteiger partial charge in [0.1, 0.15) is 5.01 Å². The third kappa shape index (κ3) is 5.18. The number of hydrogen-bond donors (Lipinski definition) is 1. The number of thiazole rings is 1. The molecule has 0 aromatic carbocycles. The molecule has 1 fully saturated rings. The zero-order valence-electron chi connectivity index (χ0n) is 15.0. The summed E-state index contributed by atoms with van der Waals surface area (Å²) in [5, 5.41) is 4.51. The van der Waals surface area contributed by atoms with Gasteiger partial charge in [-0.05, 0) is 39.3 Å². The van der Waals surface area contributed by atoms with E-state index in [0.29, 0.717) is 12.6 Å². The summed E-state index contributed by atoms with van der Waals surface area (Å²) in [6.07, 6.45) is 5.64. The lowest BCUT2D eigenvalue weighted by molar-refractivity contribution is 0.232. The second-order valence-electron chi connectivity index (χ2n) is 6.05. The Morgan fingerprint density at radius 1 is 1.48 bits per heavy atom. The van der Waals surface area contributed by atoms with Crippen LogP contribution in [-0.2, 0) is 13.0 Å². The Morgan fingerprint density at radius 2 is 2.30 bits per heavy atom. The fourth-order valence-electron chi connectivity index (χ4n) is 3.12. The summed E-state index contributed by atoms with van der Waals surface area (Å²) in [5.74, 6) is 0.990. The number of hydrogen-bond acceptors (Lipinski definition) is 4. The number of aryl methyl sites for hydroxylation is 1.